The van der Waals surface area contributed by atoms with E-state index in [1.807, 2.05) is 42.5 Å². The molecule has 5 rings (SSSR count). The molecule has 1 aliphatic rings. The molecule has 1 aliphatic heterocycles. The van der Waals surface area contributed by atoms with Crippen molar-refractivity contribution in [3.8, 4) is 5.75 Å². The number of hydrogen-bond donors (Lipinski definition) is 0. The van der Waals surface area contributed by atoms with Crippen LogP contribution in [0.4, 0.5) is 5.13 Å². The van der Waals surface area contributed by atoms with E-state index < -0.39 is 10.0 Å². The Morgan fingerprint density at radius 1 is 1.03 bits per heavy atom. The van der Waals surface area contributed by atoms with E-state index in [1.165, 1.54) is 15.6 Å². The molecular weight excluding hydrogens is 518 g/mol. The first-order valence-corrected chi connectivity index (χ1v) is 15.0. The number of piperidine rings is 1. The minimum atomic E-state index is -3.64. The average molecular weight is 550 g/mol. The Kier molecular flexibility index (Phi) is 7.78. The zero-order valence-electron chi connectivity index (χ0n) is 21.5. The molecule has 2 heterocycles. The smallest absolute Gasteiger partial charge is 0.243 e. The number of aromatic nitrogens is 1. The average Bonchev–Trinajstić information content (AvgIpc) is 3.40. The Morgan fingerprint density at radius 2 is 1.74 bits per heavy atom. The molecule has 0 atom stereocenters. The van der Waals surface area contributed by atoms with Gasteiger partial charge in [0.25, 0.3) is 0 Å². The number of nitrogens with zero attached hydrogens (tertiary/aromatic N) is 3. The molecule has 0 N–H and O–H groups in total. The summed E-state index contributed by atoms with van der Waals surface area (Å²) in [5.74, 6) is 0.318. The minimum Gasteiger partial charge on any atom is -0.497 e. The summed E-state index contributed by atoms with van der Waals surface area (Å²) in [5.41, 5.74) is 3.13. The summed E-state index contributed by atoms with van der Waals surface area (Å²) in [6.07, 6.45) is 1.80. The molecule has 198 valence electrons. The Labute approximate surface area is 227 Å². The molecule has 7 nitrogen and oxygen atoms in total. The van der Waals surface area contributed by atoms with Crippen molar-refractivity contribution in [3.05, 3.63) is 83.9 Å². The largest absolute Gasteiger partial charge is 0.497 e. The van der Waals surface area contributed by atoms with Gasteiger partial charge in [-0.25, -0.2) is 13.4 Å². The van der Waals surface area contributed by atoms with Gasteiger partial charge in [0.1, 0.15) is 5.75 Å². The molecule has 0 bridgehead atoms. The highest BCUT2D eigenvalue weighted by molar-refractivity contribution is 7.89. The van der Waals surface area contributed by atoms with Crippen LogP contribution < -0.4 is 9.64 Å². The Bertz CT molecular complexity index is 1510. The highest BCUT2D eigenvalue weighted by atomic mass is 32.2. The second kappa shape index (κ2) is 11.2. The fourth-order valence-corrected chi connectivity index (χ4v) is 7.35. The standard InChI is InChI=1S/C29H31N3O4S2/c1-3-22-10-7-11-26-27(22)30-29(37-26)32(20-21-8-5-4-6-9-21)28(33)23-16-18-31(19-17-23)38(34,35)25-14-12-24(36-2)13-15-25/h4-15,23H,3,16-20H2,1-2H3. The van der Waals surface area contributed by atoms with Crippen LogP contribution >= 0.6 is 11.3 Å². The zero-order valence-corrected chi connectivity index (χ0v) is 23.2. The molecule has 0 radical (unpaired) electrons. The van der Waals surface area contributed by atoms with Gasteiger partial charge in [0, 0.05) is 19.0 Å². The molecule has 38 heavy (non-hydrogen) atoms. The summed E-state index contributed by atoms with van der Waals surface area (Å²) in [6.45, 7) is 3.12. The predicted octanol–water partition coefficient (Wildman–Crippen LogP) is 5.50. The predicted molar refractivity (Wildman–Crippen MR) is 151 cm³/mol. The quantitative estimate of drug-likeness (QED) is 0.290. The fraction of sp³-hybridized carbons (Fsp3) is 0.310. The van der Waals surface area contributed by atoms with Gasteiger partial charge in [-0.15, -0.1) is 0 Å². The van der Waals surface area contributed by atoms with Crippen LogP contribution in [0.3, 0.4) is 0 Å². The van der Waals surface area contributed by atoms with Crippen LogP contribution in [-0.2, 0) is 27.8 Å². The van der Waals surface area contributed by atoms with E-state index in [1.54, 1.807) is 36.3 Å². The second-order valence-electron chi connectivity index (χ2n) is 9.38. The summed E-state index contributed by atoms with van der Waals surface area (Å²) in [6, 6.07) is 22.5. The van der Waals surface area contributed by atoms with Gasteiger partial charge >= 0.3 is 0 Å². The van der Waals surface area contributed by atoms with E-state index in [-0.39, 0.29) is 16.7 Å². The van der Waals surface area contributed by atoms with Crippen LogP contribution in [0.2, 0.25) is 0 Å². The van der Waals surface area contributed by atoms with Crippen molar-refractivity contribution in [2.45, 2.75) is 37.6 Å². The van der Waals surface area contributed by atoms with Crippen LogP contribution in [-0.4, -0.2) is 43.8 Å². The number of amides is 1. The third-order valence-electron chi connectivity index (χ3n) is 7.05. The lowest BCUT2D eigenvalue weighted by molar-refractivity contribution is -0.123. The van der Waals surface area contributed by atoms with Gasteiger partial charge in [0.05, 0.1) is 28.8 Å². The maximum atomic E-state index is 13.9. The van der Waals surface area contributed by atoms with E-state index in [0.717, 1.165) is 27.8 Å². The molecule has 9 heteroatoms. The summed E-state index contributed by atoms with van der Waals surface area (Å²) >= 11 is 1.53. The first-order chi connectivity index (χ1) is 18.4. The van der Waals surface area contributed by atoms with Gasteiger partial charge in [0.2, 0.25) is 15.9 Å². The normalized spacial score (nSPS) is 15.0. The number of carbonyl (C=O) groups excluding carboxylic acids is 1. The minimum absolute atomic E-state index is 0.00699. The van der Waals surface area contributed by atoms with Crippen molar-refractivity contribution in [3.63, 3.8) is 0 Å². The van der Waals surface area contributed by atoms with Crippen molar-refractivity contribution in [1.29, 1.82) is 0 Å². The van der Waals surface area contributed by atoms with Gasteiger partial charge in [0.15, 0.2) is 5.13 Å². The Balaban J connectivity index is 1.37. The van der Waals surface area contributed by atoms with Gasteiger partial charge in [-0.3, -0.25) is 9.69 Å². The number of anilines is 1. The summed E-state index contributed by atoms with van der Waals surface area (Å²) < 4.78 is 34.1. The summed E-state index contributed by atoms with van der Waals surface area (Å²) in [5, 5.41) is 0.683. The molecule has 1 aromatic heterocycles. The highest BCUT2D eigenvalue weighted by Crippen LogP contribution is 2.34. The number of para-hydroxylation sites is 1. The number of benzene rings is 3. The SMILES string of the molecule is CCc1cccc2sc(N(Cc3ccccc3)C(=O)C3CCN(S(=O)(=O)c4ccc(OC)cc4)CC3)nc12. The molecule has 1 amide bonds. The number of methoxy groups -OCH3 is 1. The van der Waals surface area contributed by atoms with Crippen molar-refractivity contribution < 1.29 is 17.9 Å². The fourth-order valence-electron chi connectivity index (χ4n) is 4.86. The number of ether oxygens (including phenoxy) is 1. The number of fused-ring (bicyclic) bond motifs is 1. The number of thiazole rings is 1. The first-order valence-electron chi connectivity index (χ1n) is 12.8. The molecule has 0 aliphatic carbocycles. The van der Waals surface area contributed by atoms with Crippen LogP contribution in [0.1, 0.15) is 30.9 Å². The number of carbonyl (C=O) groups is 1. The van der Waals surface area contributed by atoms with Crippen molar-refractivity contribution in [2.24, 2.45) is 5.92 Å². The highest BCUT2D eigenvalue weighted by Gasteiger charge is 2.35. The lowest BCUT2D eigenvalue weighted by Gasteiger charge is -2.33. The Morgan fingerprint density at radius 3 is 2.39 bits per heavy atom. The van der Waals surface area contributed by atoms with E-state index in [2.05, 4.69) is 13.0 Å². The summed E-state index contributed by atoms with van der Waals surface area (Å²) in [4.78, 5) is 20.9. The lowest BCUT2D eigenvalue weighted by atomic mass is 9.96. The first kappa shape index (κ1) is 26.3. The monoisotopic (exact) mass is 549 g/mol. The molecule has 1 saturated heterocycles. The van der Waals surface area contributed by atoms with E-state index in [0.29, 0.717) is 43.4 Å². The van der Waals surface area contributed by atoms with Gasteiger partial charge < -0.3 is 4.74 Å². The molecular formula is C29H31N3O4S2. The van der Waals surface area contributed by atoms with Crippen molar-refractivity contribution >= 4 is 42.6 Å². The van der Waals surface area contributed by atoms with Crippen molar-refractivity contribution in [1.82, 2.24) is 9.29 Å². The molecule has 3 aromatic carbocycles. The van der Waals surface area contributed by atoms with Crippen LogP contribution in [0.25, 0.3) is 10.2 Å². The number of sulfonamides is 1. The zero-order chi connectivity index (χ0) is 26.7. The third kappa shape index (κ3) is 5.32. The third-order valence-corrected chi connectivity index (χ3v) is 10.0. The molecule has 4 aromatic rings. The second-order valence-corrected chi connectivity index (χ2v) is 12.3. The molecule has 1 fully saturated rings. The number of hydrogen-bond acceptors (Lipinski definition) is 6. The molecule has 0 spiro atoms. The van der Waals surface area contributed by atoms with Crippen molar-refractivity contribution in [2.75, 3.05) is 25.1 Å². The number of aryl methyl sites for hydroxylation is 1. The van der Waals surface area contributed by atoms with Gasteiger partial charge in [-0.05, 0) is 60.7 Å². The van der Waals surface area contributed by atoms with E-state index >= 15 is 0 Å². The topological polar surface area (TPSA) is 79.8 Å². The molecule has 0 saturated carbocycles. The lowest BCUT2D eigenvalue weighted by Crippen LogP contribution is -2.44. The maximum Gasteiger partial charge on any atom is 0.243 e. The van der Waals surface area contributed by atoms with E-state index in [9.17, 15) is 13.2 Å². The van der Waals surface area contributed by atoms with Gasteiger partial charge in [-0.2, -0.15) is 4.31 Å². The summed E-state index contributed by atoms with van der Waals surface area (Å²) in [7, 11) is -2.09. The molecule has 0 unspecified atom stereocenters. The van der Waals surface area contributed by atoms with Crippen LogP contribution in [0, 0.1) is 5.92 Å². The number of rotatable bonds is 8. The van der Waals surface area contributed by atoms with Crippen LogP contribution in [0.15, 0.2) is 77.7 Å². The van der Waals surface area contributed by atoms with Crippen LogP contribution in [0.5, 0.6) is 5.75 Å². The van der Waals surface area contributed by atoms with Gasteiger partial charge in [-0.1, -0.05) is 60.7 Å². The maximum absolute atomic E-state index is 13.9. The van der Waals surface area contributed by atoms with E-state index in [4.69, 9.17) is 9.72 Å². The Hall–Kier alpha value is -3.27.